The number of nitrogens with two attached hydrogens (primary N) is 1. The Morgan fingerprint density at radius 1 is 1.24 bits per heavy atom. The molecule has 0 spiro atoms. The molecule has 4 heteroatoms. The predicted octanol–water partition coefficient (Wildman–Crippen LogP) is 1.02. The molecule has 0 aliphatic rings. The molecule has 0 saturated heterocycles. The van der Waals surface area contributed by atoms with Crippen LogP contribution >= 0.6 is 0 Å². The van der Waals surface area contributed by atoms with Crippen molar-refractivity contribution in [3.63, 3.8) is 0 Å². The molecule has 0 aliphatic carbocycles. The van der Waals surface area contributed by atoms with Crippen LogP contribution in [0.4, 0.5) is 0 Å². The molecule has 0 fully saturated rings. The highest BCUT2D eigenvalue weighted by molar-refractivity contribution is 5.79. The smallest absolute Gasteiger partial charge is 0.227 e. The summed E-state index contributed by atoms with van der Waals surface area (Å²) in [5.74, 6) is 0.437. The number of carbonyl (C=O) groups excluding carboxylic acids is 1. The fourth-order valence-corrected chi connectivity index (χ4v) is 2.18. The molecule has 0 aromatic carbocycles. The van der Waals surface area contributed by atoms with Crippen molar-refractivity contribution in [3.8, 4) is 0 Å². The Bertz CT molecular complexity index is 229. The molecule has 0 aromatic rings. The van der Waals surface area contributed by atoms with Crippen molar-refractivity contribution in [2.45, 2.75) is 33.7 Å². The van der Waals surface area contributed by atoms with Crippen molar-refractivity contribution >= 4 is 5.91 Å². The molecule has 2 atom stereocenters. The van der Waals surface area contributed by atoms with Crippen LogP contribution in [0.2, 0.25) is 0 Å². The average Bonchev–Trinajstić information content (AvgIpc) is 2.17. The molecule has 1 amide bonds. The van der Waals surface area contributed by atoms with Gasteiger partial charge in [0.15, 0.2) is 0 Å². The van der Waals surface area contributed by atoms with Crippen LogP contribution in [-0.4, -0.2) is 55.5 Å². The topological polar surface area (TPSA) is 49.6 Å². The minimum atomic E-state index is -0.0560. The van der Waals surface area contributed by atoms with Gasteiger partial charge in [0.25, 0.3) is 0 Å². The van der Waals surface area contributed by atoms with E-state index in [0.717, 1.165) is 13.1 Å². The first kappa shape index (κ1) is 16.4. The lowest BCUT2D eigenvalue weighted by atomic mass is 9.94. The SMILES string of the molecule is CCN(C(=O)C(CN)C(C)C)C(C)CN(C)C. The monoisotopic (exact) mass is 243 g/mol. The van der Waals surface area contributed by atoms with Crippen LogP contribution in [0.1, 0.15) is 27.7 Å². The van der Waals surface area contributed by atoms with Gasteiger partial charge in [0.2, 0.25) is 5.91 Å². The summed E-state index contributed by atoms with van der Waals surface area (Å²) in [5, 5.41) is 0. The van der Waals surface area contributed by atoms with Gasteiger partial charge < -0.3 is 15.5 Å². The second-order valence-electron chi connectivity index (χ2n) is 5.32. The van der Waals surface area contributed by atoms with Crippen LogP contribution < -0.4 is 5.73 Å². The molecule has 0 saturated carbocycles. The highest BCUT2D eigenvalue weighted by Crippen LogP contribution is 2.15. The number of rotatable bonds is 7. The first-order valence-corrected chi connectivity index (χ1v) is 6.50. The largest absolute Gasteiger partial charge is 0.339 e. The Kier molecular flexibility index (Phi) is 7.39. The van der Waals surface area contributed by atoms with Gasteiger partial charge in [-0.15, -0.1) is 0 Å². The second kappa shape index (κ2) is 7.67. The standard InChI is InChI=1S/C13H29N3O/c1-7-16(11(4)9-15(5)6)13(17)12(8-14)10(2)3/h10-12H,7-9,14H2,1-6H3. The average molecular weight is 243 g/mol. The summed E-state index contributed by atoms with van der Waals surface area (Å²) in [6.45, 7) is 10.3. The van der Waals surface area contributed by atoms with Crippen molar-refractivity contribution in [1.82, 2.24) is 9.80 Å². The molecule has 0 aromatic heterocycles. The fourth-order valence-electron chi connectivity index (χ4n) is 2.18. The lowest BCUT2D eigenvalue weighted by Gasteiger charge is -2.33. The van der Waals surface area contributed by atoms with Crippen LogP contribution in [0, 0.1) is 11.8 Å². The molecular weight excluding hydrogens is 214 g/mol. The summed E-state index contributed by atoms with van der Waals surface area (Å²) in [5.41, 5.74) is 5.71. The maximum atomic E-state index is 12.4. The van der Waals surface area contributed by atoms with E-state index in [4.69, 9.17) is 5.73 Å². The number of amides is 1. The number of likely N-dealkylation sites (N-methyl/N-ethyl adjacent to an activating group) is 2. The molecule has 0 heterocycles. The van der Waals surface area contributed by atoms with Crippen LogP contribution in [0.3, 0.4) is 0 Å². The van der Waals surface area contributed by atoms with E-state index in [9.17, 15) is 4.79 Å². The summed E-state index contributed by atoms with van der Waals surface area (Å²) < 4.78 is 0. The lowest BCUT2D eigenvalue weighted by Crippen LogP contribution is -2.48. The summed E-state index contributed by atoms with van der Waals surface area (Å²) in [6.07, 6.45) is 0. The van der Waals surface area contributed by atoms with Gasteiger partial charge in [-0.1, -0.05) is 13.8 Å². The highest BCUT2D eigenvalue weighted by atomic mass is 16.2. The first-order chi connectivity index (χ1) is 7.84. The van der Waals surface area contributed by atoms with E-state index in [2.05, 4.69) is 25.7 Å². The van der Waals surface area contributed by atoms with Crippen molar-refractivity contribution in [1.29, 1.82) is 0 Å². The summed E-state index contributed by atoms with van der Waals surface area (Å²) >= 11 is 0. The Morgan fingerprint density at radius 2 is 1.76 bits per heavy atom. The summed E-state index contributed by atoms with van der Waals surface area (Å²) in [4.78, 5) is 16.4. The maximum absolute atomic E-state index is 12.4. The van der Waals surface area contributed by atoms with E-state index in [0.29, 0.717) is 12.5 Å². The molecule has 0 rings (SSSR count). The quantitative estimate of drug-likeness (QED) is 0.726. The zero-order chi connectivity index (χ0) is 13.6. The van der Waals surface area contributed by atoms with Gasteiger partial charge in [0, 0.05) is 25.7 Å². The van der Waals surface area contributed by atoms with Gasteiger partial charge in [-0.3, -0.25) is 4.79 Å². The van der Waals surface area contributed by atoms with E-state index in [1.165, 1.54) is 0 Å². The van der Waals surface area contributed by atoms with Gasteiger partial charge in [0.1, 0.15) is 0 Å². The van der Waals surface area contributed by atoms with Gasteiger partial charge >= 0.3 is 0 Å². The van der Waals surface area contributed by atoms with E-state index < -0.39 is 0 Å². The van der Waals surface area contributed by atoms with Crippen molar-refractivity contribution in [2.75, 3.05) is 33.7 Å². The zero-order valence-corrected chi connectivity index (χ0v) is 12.2. The minimum absolute atomic E-state index is 0.0560. The van der Waals surface area contributed by atoms with Crippen molar-refractivity contribution in [2.24, 2.45) is 17.6 Å². The second-order valence-corrected chi connectivity index (χ2v) is 5.32. The number of hydrogen-bond acceptors (Lipinski definition) is 3. The molecule has 2 unspecified atom stereocenters. The van der Waals surface area contributed by atoms with Gasteiger partial charge in [0.05, 0.1) is 5.92 Å². The molecule has 17 heavy (non-hydrogen) atoms. The van der Waals surface area contributed by atoms with Crippen LogP contribution in [-0.2, 0) is 4.79 Å². The normalized spacial score (nSPS) is 15.1. The fraction of sp³-hybridized carbons (Fsp3) is 0.923. The third kappa shape index (κ3) is 5.04. The first-order valence-electron chi connectivity index (χ1n) is 6.50. The molecular formula is C13H29N3O. The molecule has 4 nitrogen and oxygen atoms in total. The third-order valence-electron chi connectivity index (χ3n) is 3.16. The van der Waals surface area contributed by atoms with Crippen molar-refractivity contribution < 1.29 is 4.79 Å². The van der Waals surface area contributed by atoms with Gasteiger partial charge in [-0.05, 0) is 33.9 Å². The third-order valence-corrected chi connectivity index (χ3v) is 3.16. The van der Waals surface area contributed by atoms with Crippen LogP contribution in [0.5, 0.6) is 0 Å². The zero-order valence-electron chi connectivity index (χ0n) is 12.2. The maximum Gasteiger partial charge on any atom is 0.227 e. The Balaban J connectivity index is 4.68. The number of nitrogens with zero attached hydrogens (tertiary/aromatic N) is 2. The molecule has 102 valence electrons. The molecule has 0 radical (unpaired) electrons. The van der Waals surface area contributed by atoms with E-state index in [1.807, 2.05) is 25.9 Å². The number of hydrogen-bond donors (Lipinski definition) is 1. The summed E-state index contributed by atoms with van der Waals surface area (Å²) in [7, 11) is 4.05. The lowest BCUT2D eigenvalue weighted by molar-refractivity contribution is -0.138. The van der Waals surface area contributed by atoms with Gasteiger partial charge in [-0.2, -0.15) is 0 Å². The van der Waals surface area contributed by atoms with Crippen LogP contribution in [0.15, 0.2) is 0 Å². The Labute approximate surface area is 106 Å². The van der Waals surface area contributed by atoms with E-state index in [-0.39, 0.29) is 17.9 Å². The molecule has 0 aliphatic heterocycles. The van der Waals surface area contributed by atoms with Crippen LogP contribution in [0.25, 0.3) is 0 Å². The van der Waals surface area contributed by atoms with E-state index >= 15 is 0 Å². The molecule has 0 bridgehead atoms. The Morgan fingerprint density at radius 3 is 2.06 bits per heavy atom. The van der Waals surface area contributed by atoms with E-state index in [1.54, 1.807) is 0 Å². The molecule has 2 N–H and O–H groups in total. The minimum Gasteiger partial charge on any atom is -0.339 e. The summed E-state index contributed by atoms with van der Waals surface area (Å²) in [6, 6.07) is 0.232. The Hall–Kier alpha value is -0.610. The predicted molar refractivity (Wildman–Crippen MR) is 72.8 cm³/mol. The highest BCUT2D eigenvalue weighted by Gasteiger charge is 2.27. The van der Waals surface area contributed by atoms with Gasteiger partial charge in [-0.25, -0.2) is 0 Å². The van der Waals surface area contributed by atoms with Crippen molar-refractivity contribution in [3.05, 3.63) is 0 Å². The number of carbonyl (C=O) groups is 1.